The summed E-state index contributed by atoms with van der Waals surface area (Å²) < 4.78 is 5.13. The lowest BCUT2D eigenvalue weighted by atomic mass is 9.74. The largest absolute Gasteiger partial charge is 0.472 e. The van der Waals surface area contributed by atoms with Crippen molar-refractivity contribution in [2.45, 2.75) is 31.2 Å². The van der Waals surface area contributed by atoms with Crippen molar-refractivity contribution in [3.05, 3.63) is 59.5 Å². The molecule has 1 aliphatic carbocycles. The van der Waals surface area contributed by atoms with Crippen LogP contribution in [0.3, 0.4) is 0 Å². The summed E-state index contributed by atoms with van der Waals surface area (Å²) in [5.74, 6) is 0. The van der Waals surface area contributed by atoms with Gasteiger partial charge in [-0.1, -0.05) is 24.3 Å². The van der Waals surface area contributed by atoms with Crippen LogP contribution in [0.4, 0.5) is 0 Å². The van der Waals surface area contributed by atoms with Gasteiger partial charge in [0.25, 0.3) is 0 Å². The minimum Gasteiger partial charge on any atom is -0.472 e. The van der Waals surface area contributed by atoms with Gasteiger partial charge in [-0.2, -0.15) is 0 Å². The Balaban J connectivity index is 1.98. The van der Waals surface area contributed by atoms with Crippen LogP contribution < -0.4 is 5.73 Å². The molecule has 1 aliphatic rings. The summed E-state index contributed by atoms with van der Waals surface area (Å²) in [6, 6.07) is 10.6. The van der Waals surface area contributed by atoms with Gasteiger partial charge in [0.05, 0.1) is 12.5 Å². The number of nitrogens with two attached hydrogens (primary N) is 1. The third-order valence-electron chi connectivity index (χ3n) is 3.72. The molecule has 1 atom stereocenters. The lowest BCUT2D eigenvalue weighted by Crippen LogP contribution is -2.42. The van der Waals surface area contributed by atoms with E-state index in [1.165, 1.54) is 23.1 Å². The van der Waals surface area contributed by atoms with Gasteiger partial charge in [-0.05, 0) is 48.4 Å². The molecule has 17 heavy (non-hydrogen) atoms. The molecule has 0 aliphatic heterocycles. The van der Waals surface area contributed by atoms with Crippen LogP contribution in [0.15, 0.2) is 47.3 Å². The number of fused-ring (bicyclic) bond motifs is 1. The fourth-order valence-electron chi connectivity index (χ4n) is 2.89. The van der Waals surface area contributed by atoms with E-state index in [0.717, 1.165) is 19.3 Å². The zero-order chi connectivity index (χ0) is 11.7. The third kappa shape index (κ3) is 1.89. The number of benzene rings is 1. The van der Waals surface area contributed by atoms with E-state index in [1.54, 1.807) is 12.5 Å². The van der Waals surface area contributed by atoms with Gasteiger partial charge in [0.2, 0.25) is 0 Å². The first-order valence-corrected chi connectivity index (χ1v) is 6.16. The van der Waals surface area contributed by atoms with E-state index >= 15 is 0 Å². The van der Waals surface area contributed by atoms with Crippen molar-refractivity contribution in [2.75, 3.05) is 0 Å². The third-order valence-corrected chi connectivity index (χ3v) is 3.72. The highest BCUT2D eigenvalue weighted by molar-refractivity contribution is 5.37. The lowest BCUT2D eigenvalue weighted by molar-refractivity contribution is 0.368. The molecule has 2 aromatic rings. The van der Waals surface area contributed by atoms with E-state index in [4.69, 9.17) is 10.2 Å². The number of hydrogen-bond acceptors (Lipinski definition) is 2. The molecule has 2 heteroatoms. The molecule has 1 unspecified atom stereocenters. The molecule has 0 saturated heterocycles. The molecule has 2 N–H and O–H groups in total. The normalized spacial score (nSPS) is 23.4. The van der Waals surface area contributed by atoms with Gasteiger partial charge in [0.1, 0.15) is 0 Å². The molecular formula is C15H17NO. The molecule has 1 aromatic heterocycles. The second-order valence-electron chi connectivity index (χ2n) is 4.98. The van der Waals surface area contributed by atoms with Gasteiger partial charge in [0, 0.05) is 5.54 Å². The highest BCUT2D eigenvalue weighted by atomic mass is 16.3. The fourth-order valence-corrected chi connectivity index (χ4v) is 2.89. The molecular weight excluding hydrogens is 210 g/mol. The van der Waals surface area contributed by atoms with Crippen LogP contribution in [0.1, 0.15) is 29.5 Å². The summed E-state index contributed by atoms with van der Waals surface area (Å²) in [7, 11) is 0. The number of furan rings is 1. The first-order chi connectivity index (χ1) is 8.28. The van der Waals surface area contributed by atoms with Crippen molar-refractivity contribution < 1.29 is 4.42 Å². The predicted octanol–water partition coefficient (Wildman–Crippen LogP) is 3.01. The van der Waals surface area contributed by atoms with Crippen LogP contribution in [0.5, 0.6) is 0 Å². The highest BCUT2D eigenvalue weighted by Gasteiger charge is 2.32. The van der Waals surface area contributed by atoms with E-state index in [2.05, 4.69) is 24.3 Å². The average molecular weight is 227 g/mol. The van der Waals surface area contributed by atoms with E-state index < -0.39 is 0 Å². The summed E-state index contributed by atoms with van der Waals surface area (Å²) >= 11 is 0. The van der Waals surface area contributed by atoms with E-state index in [0.29, 0.717) is 0 Å². The van der Waals surface area contributed by atoms with Crippen molar-refractivity contribution in [3.8, 4) is 0 Å². The highest BCUT2D eigenvalue weighted by Crippen LogP contribution is 2.35. The smallest absolute Gasteiger partial charge is 0.0935 e. The van der Waals surface area contributed by atoms with Crippen LogP contribution in [0.2, 0.25) is 0 Å². The van der Waals surface area contributed by atoms with Gasteiger partial charge >= 0.3 is 0 Å². The first kappa shape index (κ1) is 10.6. The van der Waals surface area contributed by atoms with Gasteiger partial charge < -0.3 is 10.2 Å². The zero-order valence-electron chi connectivity index (χ0n) is 9.86. The van der Waals surface area contributed by atoms with Crippen LogP contribution in [0, 0.1) is 0 Å². The van der Waals surface area contributed by atoms with Crippen molar-refractivity contribution in [1.29, 1.82) is 0 Å². The topological polar surface area (TPSA) is 39.2 Å². The molecule has 0 fully saturated rings. The Morgan fingerprint density at radius 2 is 2.12 bits per heavy atom. The summed E-state index contributed by atoms with van der Waals surface area (Å²) in [5, 5.41) is 0. The second-order valence-corrected chi connectivity index (χ2v) is 4.98. The maximum absolute atomic E-state index is 6.62. The Morgan fingerprint density at radius 3 is 2.94 bits per heavy atom. The molecule has 88 valence electrons. The van der Waals surface area contributed by atoms with Crippen molar-refractivity contribution in [2.24, 2.45) is 5.73 Å². The lowest BCUT2D eigenvalue weighted by Gasteiger charge is -2.35. The van der Waals surface area contributed by atoms with Gasteiger partial charge in [-0.3, -0.25) is 0 Å². The SMILES string of the molecule is NC1(Cc2ccoc2)CCCc2ccccc21. The van der Waals surface area contributed by atoms with Crippen molar-refractivity contribution in [1.82, 2.24) is 0 Å². The van der Waals surface area contributed by atoms with Crippen LogP contribution in [-0.2, 0) is 18.4 Å². The maximum Gasteiger partial charge on any atom is 0.0935 e. The Morgan fingerprint density at radius 1 is 1.24 bits per heavy atom. The quantitative estimate of drug-likeness (QED) is 0.856. The molecule has 3 rings (SSSR count). The first-order valence-electron chi connectivity index (χ1n) is 6.16. The van der Waals surface area contributed by atoms with Gasteiger partial charge in [-0.25, -0.2) is 0 Å². The Labute approximate surface area is 101 Å². The summed E-state index contributed by atoms with van der Waals surface area (Å²) in [6.45, 7) is 0. The Hall–Kier alpha value is -1.54. The maximum atomic E-state index is 6.62. The van der Waals surface area contributed by atoms with Crippen LogP contribution >= 0.6 is 0 Å². The standard InChI is InChI=1S/C15H17NO/c16-15(10-12-7-9-17-11-12)8-3-5-13-4-1-2-6-14(13)15/h1-2,4,6-7,9,11H,3,5,8,10,16H2. The minimum atomic E-state index is -0.223. The molecule has 2 nitrogen and oxygen atoms in total. The summed E-state index contributed by atoms with van der Waals surface area (Å²) in [5.41, 5.74) is 10.3. The summed E-state index contributed by atoms with van der Waals surface area (Å²) in [4.78, 5) is 0. The molecule has 0 saturated carbocycles. The molecule has 1 aromatic carbocycles. The molecule has 0 amide bonds. The van der Waals surface area contributed by atoms with E-state index in [9.17, 15) is 0 Å². The zero-order valence-corrected chi connectivity index (χ0v) is 9.86. The fraction of sp³-hybridized carbons (Fsp3) is 0.333. The van der Waals surface area contributed by atoms with Crippen molar-refractivity contribution in [3.63, 3.8) is 0 Å². The predicted molar refractivity (Wildman–Crippen MR) is 67.7 cm³/mol. The molecule has 0 radical (unpaired) electrons. The molecule has 0 spiro atoms. The second kappa shape index (κ2) is 4.04. The number of rotatable bonds is 2. The van der Waals surface area contributed by atoms with Gasteiger partial charge in [-0.15, -0.1) is 0 Å². The number of hydrogen-bond donors (Lipinski definition) is 1. The average Bonchev–Trinajstić information content (AvgIpc) is 2.82. The van der Waals surface area contributed by atoms with Gasteiger partial charge in [0.15, 0.2) is 0 Å². The molecule has 1 heterocycles. The van der Waals surface area contributed by atoms with E-state index in [-0.39, 0.29) is 5.54 Å². The van der Waals surface area contributed by atoms with E-state index in [1.807, 2.05) is 6.07 Å². The van der Waals surface area contributed by atoms with Crippen LogP contribution in [-0.4, -0.2) is 0 Å². The van der Waals surface area contributed by atoms with Crippen LogP contribution in [0.25, 0.3) is 0 Å². The van der Waals surface area contributed by atoms with Crippen molar-refractivity contribution >= 4 is 0 Å². The summed E-state index contributed by atoms with van der Waals surface area (Å²) in [6.07, 6.45) is 7.75. The Bertz CT molecular complexity index is 503. The monoisotopic (exact) mass is 227 g/mol. The minimum absolute atomic E-state index is 0.223. The molecule has 0 bridgehead atoms. The Kier molecular flexibility index (Phi) is 2.52. The number of aryl methyl sites for hydroxylation is 1.